The van der Waals surface area contributed by atoms with Gasteiger partial charge in [0.2, 0.25) is 10.0 Å². The molecule has 3 N–H and O–H groups in total. The lowest BCUT2D eigenvalue weighted by molar-refractivity contribution is 0.0693. The molecule has 1 aromatic rings. The third-order valence-corrected chi connectivity index (χ3v) is 6.10. The molecule has 1 aliphatic rings. The molecule has 8 heteroatoms. The van der Waals surface area contributed by atoms with E-state index in [1.807, 2.05) is 0 Å². The van der Waals surface area contributed by atoms with Crippen LogP contribution in [0.15, 0.2) is 23.1 Å². The van der Waals surface area contributed by atoms with Crippen molar-refractivity contribution in [3.63, 3.8) is 0 Å². The van der Waals surface area contributed by atoms with E-state index < -0.39 is 27.3 Å². The Bertz CT molecular complexity index is 623. The topological polar surface area (TPSA) is 104 Å². The highest BCUT2D eigenvalue weighted by Gasteiger charge is 2.21. The zero-order valence-corrected chi connectivity index (χ0v) is 12.9. The number of sulfonamides is 1. The van der Waals surface area contributed by atoms with Crippen LogP contribution in [0, 0.1) is 0 Å². The zero-order chi connectivity index (χ0) is 15.5. The van der Waals surface area contributed by atoms with Gasteiger partial charge in [0.25, 0.3) is 0 Å². The fraction of sp³-hybridized carbons (Fsp3) is 0.462. The second kappa shape index (κ2) is 6.67. The van der Waals surface area contributed by atoms with E-state index in [0.29, 0.717) is 6.54 Å². The molecular weight excluding hydrogens is 314 g/mol. The summed E-state index contributed by atoms with van der Waals surface area (Å²) in [6.07, 6.45) is 3.23. The number of hydrogen-bond donors (Lipinski definition) is 3. The highest BCUT2D eigenvalue weighted by molar-refractivity contribution is 8.00. The molecular formula is C13H17NO5S2. The Morgan fingerprint density at radius 1 is 1.38 bits per heavy atom. The molecule has 0 aliphatic carbocycles. The van der Waals surface area contributed by atoms with E-state index in [1.165, 1.54) is 6.07 Å². The number of nitrogens with one attached hydrogen (secondary N) is 1. The number of phenols is 1. The average Bonchev–Trinajstić information content (AvgIpc) is 2.46. The molecule has 0 amide bonds. The van der Waals surface area contributed by atoms with Crippen LogP contribution >= 0.6 is 11.8 Å². The summed E-state index contributed by atoms with van der Waals surface area (Å²) in [4.78, 5) is 10.8. The summed E-state index contributed by atoms with van der Waals surface area (Å²) >= 11 is 1.75. The first-order valence-corrected chi connectivity index (χ1v) is 9.11. The summed E-state index contributed by atoms with van der Waals surface area (Å²) in [6.45, 7) is 0.330. The maximum absolute atomic E-state index is 12.2. The predicted molar refractivity (Wildman–Crippen MR) is 80.4 cm³/mol. The van der Waals surface area contributed by atoms with E-state index in [4.69, 9.17) is 5.11 Å². The Morgan fingerprint density at radius 2 is 2.14 bits per heavy atom. The van der Waals surface area contributed by atoms with Crippen molar-refractivity contribution in [2.45, 2.75) is 29.4 Å². The highest BCUT2D eigenvalue weighted by atomic mass is 32.2. The molecule has 0 radical (unpaired) electrons. The van der Waals surface area contributed by atoms with Crippen molar-refractivity contribution in [3.05, 3.63) is 23.8 Å². The van der Waals surface area contributed by atoms with Gasteiger partial charge in [-0.2, -0.15) is 11.8 Å². The molecule has 116 valence electrons. The summed E-state index contributed by atoms with van der Waals surface area (Å²) in [6, 6.07) is 3.24. The Balaban J connectivity index is 2.11. The third kappa shape index (κ3) is 4.12. The standard InChI is InChI=1S/C13H17NO5S2/c15-12-5-4-10(7-11(12)13(16)17)21(18,19)14-8-9-3-1-2-6-20-9/h4-5,7,9,14-15H,1-3,6,8H2,(H,16,17). The largest absolute Gasteiger partial charge is 0.507 e. The molecule has 1 saturated heterocycles. The van der Waals surface area contributed by atoms with E-state index in [-0.39, 0.29) is 10.1 Å². The van der Waals surface area contributed by atoms with Gasteiger partial charge >= 0.3 is 5.97 Å². The van der Waals surface area contributed by atoms with Gasteiger partial charge in [0, 0.05) is 11.8 Å². The smallest absolute Gasteiger partial charge is 0.339 e. The van der Waals surface area contributed by atoms with Crippen molar-refractivity contribution in [1.29, 1.82) is 0 Å². The van der Waals surface area contributed by atoms with Crippen molar-refractivity contribution in [2.75, 3.05) is 12.3 Å². The van der Waals surface area contributed by atoms with Crippen LogP contribution in [-0.2, 0) is 10.0 Å². The van der Waals surface area contributed by atoms with Crippen LogP contribution in [0.1, 0.15) is 29.6 Å². The van der Waals surface area contributed by atoms with E-state index in [0.717, 1.165) is 37.1 Å². The highest BCUT2D eigenvalue weighted by Crippen LogP contribution is 2.25. The number of benzene rings is 1. The average molecular weight is 331 g/mol. The van der Waals surface area contributed by atoms with Gasteiger partial charge in [0.05, 0.1) is 4.90 Å². The monoisotopic (exact) mass is 331 g/mol. The second-order valence-electron chi connectivity index (χ2n) is 4.82. The molecule has 0 aromatic heterocycles. The van der Waals surface area contributed by atoms with Crippen LogP contribution in [-0.4, -0.2) is 42.1 Å². The Hall–Kier alpha value is -1.25. The van der Waals surface area contributed by atoms with Crippen LogP contribution < -0.4 is 4.72 Å². The van der Waals surface area contributed by atoms with Crippen molar-refractivity contribution in [1.82, 2.24) is 4.72 Å². The first-order valence-electron chi connectivity index (χ1n) is 6.58. The quantitative estimate of drug-likeness (QED) is 0.758. The lowest BCUT2D eigenvalue weighted by Gasteiger charge is -2.21. The number of carboxylic acid groups (broad SMARTS) is 1. The predicted octanol–water partition coefficient (Wildman–Crippen LogP) is 1.65. The van der Waals surface area contributed by atoms with Crippen molar-refractivity contribution in [3.8, 4) is 5.75 Å². The molecule has 1 atom stereocenters. The lowest BCUT2D eigenvalue weighted by atomic mass is 10.2. The molecule has 0 saturated carbocycles. The van der Waals surface area contributed by atoms with E-state index >= 15 is 0 Å². The number of carbonyl (C=O) groups is 1. The van der Waals surface area contributed by atoms with E-state index in [2.05, 4.69) is 4.72 Å². The minimum atomic E-state index is -3.77. The van der Waals surface area contributed by atoms with Gasteiger partial charge in [-0.1, -0.05) is 6.42 Å². The van der Waals surface area contributed by atoms with Crippen LogP contribution in [0.5, 0.6) is 5.75 Å². The van der Waals surface area contributed by atoms with Gasteiger partial charge in [-0.25, -0.2) is 17.9 Å². The van der Waals surface area contributed by atoms with Crippen LogP contribution in [0.25, 0.3) is 0 Å². The van der Waals surface area contributed by atoms with Gasteiger partial charge < -0.3 is 10.2 Å². The summed E-state index contributed by atoms with van der Waals surface area (Å²) in [5, 5.41) is 18.6. The zero-order valence-electron chi connectivity index (χ0n) is 11.3. The maximum atomic E-state index is 12.2. The van der Waals surface area contributed by atoms with Gasteiger partial charge in [-0.3, -0.25) is 0 Å². The molecule has 1 heterocycles. The molecule has 0 bridgehead atoms. The summed E-state index contributed by atoms with van der Waals surface area (Å²) in [5.74, 6) is -0.786. The molecule has 2 rings (SSSR count). The van der Waals surface area contributed by atoms with Crippen molar-refractivity contribution >= 4 is 27.8 Å². The molecule has 0 spiro atoms. The van der Waals surface area contributed by atoms with E-state index in [1.54, 1.807) is 11.8 Å². The fourth-order valence-corrected chi connectivity index (χ4v) is 4.56. The minimum Gasteiger partial charge on any atom is -0.507 e. The Morgan fingerprint density at radius 3 is 2.76 bits per heavy atom. The van der Waals surface area contributed by atoms with Gasteiger partial charge in [0.15, 0.2) is 0 Å². The number of aromatic carboxylic acids is 1. The number of thioether (sulfide) groups is 1. The van der Waals surface area contributed by atoms with Crippen LogP contribution in [0.4, 0.5) is 0 Å². The Labute approximate surface area is 127 Å². The van der Waals surface area contributed by atoms with Gasteiger partial charge in [-0.05, 0) is 36.8 Å². The molecule has 6 nitrogen and oxygen atoms in total. The van der Waals surface area contributed by atoms with Gasteiger partial charge in [0.1, 0.15) is 11.3 Å². The second-order valence-corrected chi connectivity index (χ2v) is 8.00. The minimum absolute atomic E-state index is 0.154. The Kier molecular flexibility index (Phi) is 5.13. The number of hydrogen-bond acceptors (Lipinski definition) is 5. The molecule has 21 heavy (non-hydrogen) atoms. The van der Waals surface area contributed by atoms with E-state index in [9.17, 15) is 18.3 Å². The van der Waals surface area contributed by atoms with Crippen LogP contribution in [0.3, 0.4) is 0 Å². The summed E-state index contributed by atoms with van der Waals surface area (Å²) in [7, 11) is -3.77. The van der Waals surface area contributed by atoms with Gasteiger partial charge in [-0.15, -0.1) is 0 Å². The first-order chi connectivity index (χ1) is 9.90. The normalized spacial score (nSPS) is 19.3. The molecule has 1 aliphatic heterocycles. The molecule has 1 unspecified atom stereocenters. The summed E-state index contributed by atoms with van der Waals surface area (Å²) < 4.78 is 26.8. The van der Waals surface area contributed by atoms with Crippen molar-refractivity contribution in [2.24, 2.45) is 0 Å². The SMILES string of the molecule is O=C(O)c1cc(S(=O)(=O)NCC2CCCCS2)ccc1O. The number of carboxylic acids is 1. The van der Waals surface area contributed by atoms with Crippen LogP contribution in [0.2, 0.25) is 0 Å². The molecule has 1 aromatic carbocycles. The molecule has 1 fully saturated rings. The third-order valence-electron chi connectivity index (χ3n) is 3.28. The fourth-order valence-electron chi connectivity index (χ4n) is 2.11. The number of rotatable bonds is 5. The van der Waals surface area contributed by atoms with Crippen molar-refractivity contribution < 1.29 is 23.4 Å². The lowest BCUT2D eigenvalue weighted by Crippen LogP contribution is -2.32. The maximum Gasteiger partial charge on any atom is 0.339 e. The summed E-state index contributed by atoms with van der Waals surface area (Å²) in [5.41, 5.74) is -0.426. The number of aromatic hydroxyl groups is 1. The first kappa shape index (κ1) is 16.1.